The Kier molecular flexibility index (Phi) is 6.82. The van der Waals surface area contributed by atoms with Crippen molar-refractivity contribution in [3.05, 3.63) is 83.9 Å². The van der Waals surface area contributed by atoms with Gasteiger partial charge in [0.1, 0.15) is 28.4 Å². The molecule has 0 spiro atoms. The summed E-state index contributed by atoms with van der Waals surface area (Å²) in [4.78, 5) is 43.3. The van der Waals surface area contributed by atoms with Crippen LogP contribution in [0.25, 0.3) is 10.9 Å². The van der Waals surface area contributed by atoms with Crippen LogP contribution in [0.4, 0.5) is 11.5 Å². The van der Waals surface area contributed by atoms with Crippen LogP contribution in [0.15, 0.2) is 72.8 Å². The van der Waals surface area contributed by atoms with E-state index in [1.54, 1.807) is 68.6 Å². The molecule has 1 amide bonds. The minimum Gasteiger partial charge on any atom is -0.497 e. The van der Waals surface area contributed by atoms with Gasteiger partial charge in [-0.15, -0.1) is 0 Å². The zero-order chi connectivity index (χ0) is 24.9. The van der Waals surface area contributed by atoms with E-state index in [2.05, 4.69) is 4.98 Å². The average Bonchev–Trinajstić information content (AvgIpc) is 3.23. The molecule has 35 heavy (non-hydrogen) atoms. The quantitative estimate of drug-likeness (QED) is 0.291. The third-order valence-electron chi connectivity index (χ3n) is 5.34. The number of hydrogen-bond donors (Lipinski definition) is 1. The molecule has 1 N–H and O–H groups in total. The number of H-pyrrole nitrogens is 1. The molecular formula is C27H24N2O6. The summed E-state index contributed by atoms with van der Waals surface area (Å²) in [5, 5.41) is 0.570. The lowest BCUT2D eigenvalue weighted by atomic mass is 10.1. The minimum absolute atomic E-state index is 0.0611. The summed E-state index contributed by atoms with van der Waals surface area (Å²) in [7, 11) is 1.55. The number of benzene rings is 3. The molecule has 0 radical (unpaired) electrons. The number of aromatic amines is 1. The molecule has 4 aromatic rings. The number of methoxy groups -OCH3 is 1. The summed E-state index contributed by atoms with van der Waals surface area (Å²) in [6.45, 7) is 3.28. The van der Waals surface area contributed by atoms with E-state index >= 15 is 0 Å². The number of hydrogen-bond acceptors (Lipinski definition) is 6. The smallest absolute Gasteiger partial charge is 0.347 e. The summed E-state index contributed by atoms with van der Waals surface area (Å²) in [5.41, 5.74) is 1.46. The zero-order valence-electron chi connectivity index (χ0n) is 19.5. The Hall–Kier alpha value is -4.59. The molecule has 0 aliphatic heterocycles. The predicted octanol–water partition coefficient (Wildman–Crippen LogP) is 5.26. The van der Waals surface area contributed by atoms with Crippen LogP contribution in [0.1, 0.15) is 34.6 Å². The third-order valence-corrected chi connectivity index (χ3v) is 5.34. The fraction of sp³-hybridized carbons (Fsp3) is 0.148. The highest BCUT2D eigenvalue weighted by Gasteiger charge is 2.28. The molecule has 0 unspecified atom stereocenters. The van der Waals surface area contributed by atoms with Gasteiger partial charge in [0.2, 0.25) is 5.91 Å². The second-order valence-electron chi connectivity index (χ2n) is 7.55. The van der Waals surface area contributed by atoms with E-state index in [1.807, 2.05) is 6.07 Å². The van der Waals surface area contributed by atoms with Crippen LogP contribution < -0.4 is 14.4 Å². The molecule has 0 atom stereocenters. The van der Waals surface area contributed by atoms with Gasteiger partial charge in [0.25, 0.3) is 0 Å². The molecule has 0 fully saturated rings. The number of esters is 2. The highest BCUT2D eigenvalue weighted by Crippen LogP contribution is 2.35. The lowest BCUT2D eigenvalue weighted by Crippen LogP contribution is -2.25. The lowest BCUT2D eigenvalue weighted by molar-refractivity contribution is -0.115. The van der Waals surface area contributed by atoms with Gasteiger partial charge in [0.15, 0.2) is 0 Å². The Balaban J connectivity index is 1.82. The molecule has 0 bridgehead atoms. The minimum atomic E-state index is -0.728. The van der Waals surface area contributed by atoms with Crippen molar-refractivity contribution in [2.24, 2.45) is 0 Å². The number of ether oxygens (including phenoxy) is 3. The maximum atomic E-state index is 13.5. The maximum Gasteiger partial charge on any atom is 0.347 e. The van der Waals surface area contributed by atoms with Gasteiger partial charge in [-0.25, -0.2) is 9.59 Å². The Morgan fingerprint density at radius 2 is 1.57 bits per heavy atom. The standard InChI is InChI=1S/C27H24N2O6/c1-4-34-26(31)21-10-6-8-12-23(21)35-27(32)24-20-9-5-7-11-22(20)28-25(24)29(17(2)30)18-13-15-19(33-3)16-14-18/h5-16,28H,4H2,1-3H3. The van der Waals surface area contributed by atoms with Gasteiger partial charge in [-0.05, 0) is 49.4 Å². The van der Waals surface area contributed by atoms with Crippen LogP contribution in [-0.2, 0) is 9.53 Å². The number of fused-ring (bicyclic) bond motifs is 1. The molecule has 0 aliphatic carbocycles. The van der Waals surface area contributed by atoms with E-state index in [9.17, 15) is 14.4 Å². The summed E-state index contributed by atoms with van der Waals surface area (Å²) in [6.07, 6.45) is 0. The molecule has 4 rings (SSSR count). The van der Waals surface area contributed by atoms with Gasteiger partial charge < -0.3 is 19.2 Å². The van der Waals surface area contributed by atoms with Gasteiger partial charge >= 0.3 is 11.9 Å². The number of anilines is 2. The molecule has 0 saturated heterocycles. The third kappa shape index (κ3) is 4.72. The molecule has 8 heteroatoms. The van der Waals surface area contributed by atoms with Gasteiger partial charge in [0.05, 0.1) is 19.4 Å². The van der Waals surface area contributed by atoms with E-state index < -0.39 is 11.9 Å². The van der Waals surface area contributed by atoms with Crippen LogP contribution in [0.3, 0.4) is 0 Å². The molecule has 178 valence electrons. The first kappa shape index (κ1) is 23.6. The molecule has 8 nitrogen and oxygen atoms in total. The molecule has 1 aromatic heterocycles. The Morgan fingerprint density at radius 1 is 0.886 bits per heavy atom. The van der Waals surface area contributed by atoms with E-state index in [0.29, 0.717) is 22.3 Å². The van der Waals surface area contributed by atoms with Crippen molar-refractivity contribution in [1.82, 2.24) is 4.98 Å². The molecule has 3 aromatic carbocycles. The highest BCUT2D eigenvalue weighted by atomic mass is 16.5. The van der Waals surface area contributed by atoms with Crippen LogP contribution >= 0.6 is 0 Å². The normalized spacial score (nSPS) is 10.6. The Bertz CT molecular complexity index is 1390. The van der Waals surface area contributed by atoms with Crippen molar-refractivity contribution in [2.75, 3.05) is 18.6 Å². The number of carbonyl (C=O) groups is 3. The summed E-state index contributed by atoms with van der Waals surface area (Å²) in [5.74, 6) is -0.701. The molecule has 1 heterocycles. The molecule has 0 saturated carbocycles. The van der Waals surface area contributed by atoms with Crippen molar-refractivity contribution < 1.29 is 28.6 Å². The maximum absolute atomic E-state index is 13.5. The number of amides is 1. The first-order valence-corrected chi connectivity index (χ1v) is 11.0. The first-order chi connectivity index (χ1) is 16.9. The lowest BCUT2D eigenvalue weighted by Gasteiger charge is -2.21. The van der Waals surface area contributed by atoms with E-state index in [0.717, 1.165) is 0 Å². The highest BCUT2D eigenvalue weighted by molar-refractivity contribution is 6.14. The monoisotopic (exact) mass is 472 g/mol. The van der Waals surface area contributed by atoms with E-state index in [4.69, 9.17) is 14.2 Å². The SMILES string of the molecule is CCOC(=O)c1ccccc1OC(=O)c1c(N(C(C)=O)c2ccc(OC)cc2)[nH]c2ccccc12. The van der Waals surface area contributed by atoms with Gasteiger partial charge in [-0.1, -0.05) is 30.3 Å². The number of carbonyl (C=O) groups excluding carboxylic acids is 3. The average molecular weight is 472 g/mol. The van der Waals surface area contributed by atoms with Gasteiger partial charge in [-0.2, -0.15) is 0 Å². The van der Waals surface area contributed by atoms with E-state index in [-0.39, 0.29) is 35.2 Å². The number of nitrogens with one attached hydrogen (secondary N) is 1. The topological polar surface area (TPSA) is 97.9 Å². The van der Waals surface area contributed by atoms with Gasteiger partial charge in [-0.3, -0.25) is 9.69 Å². The number of nitrogens with zero attached hydrogens (tertiary/aromatic N) is 1. The fourth-order valence-corrected chi connectivity index (χ4v) is 3.79. The number of aromatic nitrogens is 1. The van der Waals surface area contributed by atoms with Gasteiger partial charge in [0, 0.05) is 17.8 Å². The van der Waals surface area contributed by atoms with Crippen LogP contribution in [0.2, 0.25) is 0 Å². The zero-order valence-corrected chi connectivity index (χ0v) is 19.5. The van der Waals surface area contributed by atoms with Crippen molar-refractivity contribution in [2.45, 2.75) is 13.8 Å². The van der Waals surface area contributed by atoms with Crippen LogP contribution in [0, 0.1) is 0 Å². The summed E-state index contributed by atoms with van der Waals surface area (Å²) < 4.78 is 16.0. The predicted molar refractivity (Wildman–Crippen MR) is 131 cm³/mol. The largest absolute Gasteiger partial charge is 0.497 e. The Morgan fingerprint density at radius 3 is 2.26 bits per heavy atom. The van der Waals surface area contributed by atoms with Crippen molar-refractivity contribution in [3.63, 3.8) is 0 Å². The Labute approximate surface area is 202 Å². The fourth-order valence-electron chi connectivity index (χ4n) is 3.79. The van der Waals surface area contributed by atoms with Crippen molar-refractivity contribution in [3.8, 4) is 11.5 Å². The second kappa shape index (κ2) is 10.1. The summed E-state index contributed by atoms with van der Waals surface area (Å²) >= 11 is 0. The van der Waals surface area contributed by atoms with Crippen molar-refractivity contribution >= 4 is 40.3 Å². The van der Waals surface area contributed by atoms with E-state index in [1.165, 1.54) is 24.0 Å². The first-order valence-electron chi connectivity index (χ1n) is 11.0. The molecular weight excluding hydrogens is 448 g/mol. The number of para-hydroxylation sites is 2. The summed E-state index contributed by atoms with van der Waals surface area (Å²) in [6, 6.07) is 20.4. The van der Waals surface area contributed by atoms with Crippen LogP contribution in [-0.4, -0.2) is 36.5 Å². The molecule has 0 aliphatic rings. The second-order valence-corrected chi connectivity index (χ2v) is 7.55. The van der Waals surface area contributed by atoms with Crippen LogP contribution in [0.5, 0.6) is 11.5 Å². The number of rotatable bonds is 7. The van der Waals surface area contributed by atoms with Crippen molar-refractivity contribution in [1.29, 1.82) is 0 Å².